The third-order valence-corrected chi connectivity index (χ3v) is 3.48. The summed E-state index contributed by atoms with van der Waals surface area (Å²) < 4.78 is 0. The smallest absolute Gasteiger partial charge is 0.0464 e. The lowest BCUT2D eigenvalue weighted by molar-refractivity contribution is 0.442. The molecular formula is C13H21N3. The van der Waals surface area contributed by atoms with E-state index in [0.717, 1.165) is 0 Å². The van der Waals surface area contributed by atoms with Gasteiger partial charge in [0.25, 0.3) is 0 Å². The molecule has 3 heteroatoms. The van der Waals surface area contributed by atoms with E-state index in [1.54, 1.807) is 0 Å². The summed E-state index contributed by atoms with van der Waals surface area (Å²) in [6.07, 6.45) is 9.05. The molecule has 0 amide bonds. The molecule has 0 saturated heterocycles. The largest absolute Gasteiger partial charge is 0.329 e. The van der Waals surface area contributed by atoms with Gasteiger partial charge in [0.05, 0.1) is 0 Å². The van der Waals surface area contributed by atoms with Crippen molar-refractivity contribution in [3.63, 3.8) is 0 Å². The van der Waals surface area contributed by atoms with Crippen LogP contribution in [0.5, 0.6) is 0 Å². The minimum Gasteiger partial charge on any atom is -0.329 e. The third kappa shape index (κ3) is 2.60. The van der Waals surface area contributed by atoms with Crippen LogP contribution in [-0.4, -0.2) is 17.6 Å². The molecule has 1 aromatic heterocycles. The van der Waals surface area contributed by atoms with Gasteiger partial charge >= 0.3 is 0 Å². The molecule has 16 heavy (non-hydrogen) atoms. The van der Waals surface area contributed by atoms with Gasteiger partial charge in [0.1, 0.15) is 0 Å². The number of nitrogens with two attached hydrogens (primary N) is 1. The number of nitrogens with zero attached hydrogens (tertiary/aromatic N) is 1. The summed E-state index contributed by atoms with van der Waals surface area (Å²) in [4.78, 5) is 4.19. The maximum Gasteiger partial charge on any atom is 0.0464 e. The number of hydrogen-bond acceptors (Lipinski definition) is 3. The Hall–Kier alpha value is -0.930. The SMILES string of the molecule is Cc1ccncc1C(CN)NC1CCCC1. The van der Waals surface area contributed by atoms with Gasteiger partial charge in [0, 0.05) is 31.0 Å². The monoisotopic (exact) mass is 219 g/mol. The molecular weight excluding hydrogens is 198 g/mol. The number of aromatic nitrogens is 1. The van der Waals surface area contributed by atoms with Crippen LogP contribution < -0.4 is 11.1 Å². The van der Waals surface area contributed by atoms with Crippen LogP contribution in [0.3, 0.4) is 0 Å². The van der Waals surface area contributed by atoms with Gasteiger partial charge in [0.15, 0.2) is 0 Å². The summed E-state index contributed by atoms with van der Waals surface area (Å²) in [5, 5.41) is 3.66. The fourth-order valence-corrected chi connectivity index (χ4v) is 2.50. The van der Waals surface area contributed by atoms with Crippen molar-refractivity contribution in [1.82, 2.24) is 10.3 Å². The van der Waals surface area contributed by atoms with Crippen molar-refractivity contribution in [3.8, 4) is 0 Å². The van der Waals surface area contributed by atoms with Crippen LogP contribution in [0, 0.1) is 6.92 Å². The van der Waals surface area contributed by atoms with Gasteiger partial charge in [-0.05, 0) is 37.0 Å². The van der Waals surface area contributed by atoms with Gasteiger partial charge in [-0.3, -0.25) is 4.98 Å². The first kappa shape index (κ1) is 11.6. The third-order valence-electron chi connectivity index (χ3n) is 3.48. The molecule has 0 radical (unpaired) electrons. The first-order valence-electron chi connectivity index (χ1n) is 6.18. The first-order valence-corrected chi connectivity index (χ1v) is 6.18. The van der Waals surface area contributed by atoms with Crippen molar-refractivity contribution >= 4 is 0 Å². The van der Waals surface area contributed by atoms with Gasteiger partial charge < -0.3 is 11.1 Å². The molecule has 3 nitrogen and oxygen atoms in total. The van der Waals surface area contributed by atoms with Crippen molar-refractivity contribution in [3.05, 3.63) is 29.6 Å². The Bertz CT molecular complexity index is 332. The predicted molar refractivity (Wildman–Crippen MR) is 66.2 cm³/mol. The lowest BCUT2D eigenvalue weighted by atomic mass is 10.0. The minimum atomic E-state index is 0.261. The van der Waals surface area contributed by atoms with Crippen molar-refractivity contribution < 1.29 is 0 Å². The zero-order valence-electron chi connectivity index (χ0n) is 9.95. The summed E-state index contributed by atoms with van der Waals surface area (Å²) in [7, 11) is 0. The summed E-state index contributed by atoms with van der Waals surface area (Å²) in [5.74, 6) is 0. The Labute approximate surface area is 97.5 Å². The summed E-state index contributed by atoms with van der Waals surface area (Å²) >= 11 is 0. The highest BCUT2D eigenvalue weighted by atomic mass is 15.0. The van der Waals surface area contributed by atoms with Crippen LogP contribution in [0.1, 0.15) is 42.9 Å². The van der Waals surface area contributed by atoms with E-state index in [-0.39, 0.29) is 6.04 Å². The lowest BCUT2D eigenvalue weighted by Crippen LogP contribution is -2.35. The summed E-state index contributed by atoms with van der Waals surface area (Å²) in [6.45, 7) is 2.76. The van der Waals surface area contributed by atoms with Crippen LogP contribution in [-0.2, 0) is 0 Å². The summed E-state index contributed by atoms with van der Waals surface area (Å²) in [5.41, 5.74) is 8.38. The Morgan fingerprint density at radius 1 is 1.50 bits per heavy atom. The van der Waals surface area contributed by atoms with Crippen molar-refractivity contribution in [1.29, 1.82) is 0 Å². The second kappa shape index (κ2) is 5.41. The molecule has 1 heterocycles. The normalized spacial score (nSPS) is 18.9. The van der Waals surface area contributed by atoms with E-state index < -0.39 is 0 Å². The zero-order valence-corrected chi connectivity index (χ0v) is 9.95. The molecule has 1 aliphatic carbocycles. The van der Waals surface area contributed by atoms with E-state index >= 15 is 0 Å². The minimum absolute atomic E-state index is 0.261. The molecule has 0 bridgehead atoms. The zero-order chi connectivity index (χ0) is 11.4. The molecule has 0 spiro atoms. The van der Waals surface area contributed by atoms with Gasteiger partial charge in [-0.1, -0.05) is 12.8 Å². The molecule has 1 atom stereocenters. The maximum absolute atomic E-state index is 5.86. The van der Waals surface area contributed by atoms with E-state index in [1.165, 1.54) is 36.8 Å². The van der Waals surface area contributed by atoms with E-state index in [4.69, 9.17) is 5.73 Å². The van der Waals surface area contributed by atoms with Gasteiger partial charge in [0.2, 0.25) is 0 Å². The fraction of sp³-hybridized carbons (Fsp3) is 0.615. The Kier molecular flexibility index (Phi) is 3.91. The van der Waals surface area contributed by atoms with Gasteiger partial charge in [-0.15, -0.1) is 0 Å². The standard InChI is InChI=1S/C13H21N3/c1-10-6-7-15-9-12(10)13(8-14)16-11-4-2-3-5-11/h6-7,9,11,13,16H,2-5,8,14H2,1H3. The molecule has 1 aliphatic rings. The van der Waals surface area contributed by atoms with Crippen LogP contribution in [0.2, 0.25) is 0 Å². The fourth-order valence-electron chi connectivity index (χ4n) is 2.50. The topological polar surface area (TPSA) is 50.9 Å². The van der Waals surface area contributed by atoms with Crippen LogP contribution in [0.15, 0.2) is 18.5 Å². The molecule has 1 fully saturated rings. The molecule has 1 saturated carbocycles. The van der Waals surface area contributed by atoms with E-state index in [9.17, 15) is 0 Å². The predicted octanol–water partition coefficient (Wildman–Crippen LogP) is 1.92. The van der Waals surface area contributed by atoms with Gasteiger partial charge in [-0.25, -0.2) is 0 Å². The van der Waals surface area contributed by atoms with Crippen molar-refractivity contribution in [2.24, 2.45) is 5.73 Å². The number of aryl methyl sites for hydroxylation is 1. The average Bonchev–Trinajstić information content (AvgIpc) is 2.80. The molecule has 0 aliphatic heterocycles. The van der Waals surface area contributed by atoms with E-state index in [1.807, 2.05) is 18.5 Å². The molecule has 2 rings (SSSR count). The second-order valence-electron chi connectivity index (χ2n) is 4.67. The van der Waals surface area contributed by atoms with E-state index in [2.05, 4.69) is 17.2 Å². The number of rotatable bonds is 4. The van der Waals surface area contributed by atoms with Crippen LogP contribution in [0.4, 0.5) is 0 Å². The van der Waals surface area contributed by atoms with Crippen molar-refractivity contribution in [2.75, 3.05) is 6.54 Å². The quantitative estimate of drug-likeness (QED) is 0.813. The van der Waals surface area contributed by atoms with Crippen LogP contribution in [0.25, 0.3) is 0 Å². The second-order valence-corrected chi connectivity index (χ2v) is 4.67. The number of nitrogens with one attached hydrogen (secondary N) is 1. The van der Waals surface area contributed by atoms with Crippen molar-refractivity contribution in [2.45, 2.75) is 44.7 Å². The Balaban J connectivity index is 2.06. The number of hydrogen-bond donors (Lipinski definition) is 2. The lowest BCUT2D eigenvalue weighted by Gasteiger charge is -2.23. The molecule has 88 valence electrons. The highest BCUT2D eigenvalue weighted by Crippen LogP contribution is 2.22. The average molecular weight is 219 g/mol. The molecule has 1 aromatic rings. The highest BCUT2D eigenvalue weighted by Gasteiger charge is 2.20. The van der Waals surface area contributed by atoms with Crippen LogP contribution >= 0.6 is 0 Å². The highest BCUT2D eigenvalue weighted by molar-refractivity contribution is 5.25. The Morgan fingerprint density at radius 3 is 2.88 bits per heavy atom. The van der Waals surface area contributed by atoms with Gasteiger partial charge in [-0.2, -0.15) is 0 Å². The Morgan fingerprint density at radius 2 is 2.25 bits per heavy atom. The maximum atomic E-state index is 5.86. The molecule has 0 aromatic carbocycles. The summed E-state index contributed by atoms with van der Waals surface area (Å²) in [6, 6.07) is 2.96. The first-order chi connectivity index (χ1) is 7.81. The molecule has 1 unspecified atom stereocenters. The number of pyridine rings is 1. The molecule has 3 N–H and O–H groups in total. The van der Waals surface area contributed by atoms with E-state index in [0.29, 0.717) is 12.6 Å².